The molecule has 0 fully saturated rings. The fraction of sp³-hybridized carbons (Fsp3) is 0.300. The van der Waals surface area contributed by atoms with Crippen molar-refractivity contribution in [3.8, 4) is 5.75 Å². The molecule has 4 nitrogen and oxygen atoms in total. The molecule has 15 heavy (non-hydrogen) atoms. The molecular formula is C10H12FNO3. The Morgan fingerprint density at radius 2 is 2.33 bits per heavy atom. The van der Waals surface area contributed by atoms with Gasteiger partial charge in [0.25, 0.3) is 0 Å². The number of rotatable bonds is 4. The van der Waals surface area contributed by atoms with Crippen LogP contribution in [0, 0.1) is 5.82 Å². The molecule has 5 heteroatoms. The molecule has 1 rings (SSSR count). The number of benzene rings is 1. The molecule has 0 bridgehead atoms. The zero-order valence-electron chi connectivity index (χ0n) is 8.29. The van der Waals surface area contributed by atoms with E-state index in [9.17, 15) is 9.18 Å². The molecule has 0 saturated carbocycles. The van der Waals surface area contributed by atoms with E-state index in [4.69, 9.17) is 9.84 Å². The number of halogens is 1. The molecule has 1 amide bonds. The number of nitrogens with one attached hydrogen (secondary N) is 1. The molecule has 1 aromatic rings. The highest BCUT2D eigenvalue weighted by Gasteiger charge is 2.06. The number of carboxylic acid groups (broad SMARTS) is 1. The van der Waals surface area contributed by atoms with Crippen LogP contribution in [0.5, 0.6) is 5.75 Å². The Hall–Kier alpha value is -1.78. The van der Waals surface area contributed by atoms with Crippen molar-refractivity contribution in [1.82, 2.24) is 0 Å². The van der Waals surface area contributed by atoms with Crippen LogP contribution >= 0.6 is 0 Å². The van der Waals surface area contributed by atoms with E-state index in [1.54, 1.807) is 0 Å². The summed E-state index contributed by atoms with van der Waals surface area (Å²) in [5, 5.41) is 10.4. The predicted octanol–water partition coefficient (Wildman–Crippen LogP) is 2.70. The maximum Gasteiger partial charge on any atom is 0.409 e. The van der Waals surface area contributed by atoms with Crippen LogP contribution in [0.1, 0.15) is 13.3 Å². The first-order chi connectivity index (χ1) is 7.13. The molecule has 0 heterocycles. The summed E-state index contributed by atoms with van der Waals surface area (Å²) in [6.45, 7) is 2.46. The van der Waals surface area contributed by atoms with Crippen LogP contribution < -0.4 is 10.1 Å². The van der Waals surface area contributed by atoms with Crippen molar-refractivity contribution in [2.45, 2.75) is 13.3 Å². The van der Waals surface area contributed by atoms with Gasteiger partial charge < -0.3 is 9.84 Å². The monoisotopic (exact) mass is 213 g/mol. The second-order valence-electron chi connectivity index (χ2n) is 2.92. The summed E-state index contributed by atoms with van der Waals surface area (Å²) in [5.41, 5.74) is -0.101. The largest absolute Gasteiger partial charge is 0.494 e. The molecule has 0 aliphatic carbocycles. The van der Waals surface area contributed by atoms with Gasteiger partial charge in [-0.3, -0.25) is 5.32 Å². The van der Waals surface area contributed by atoms with Gasteiger partial charge >= 0.3 is 6.09 Å². The van der Waals surface area contributed by atoms with Crippen LogP contribution in [0.4, 0.5) is 14.9 Å². The van der Waals surface area contributed by atoms with Crippen LogP contribution in [0.15, 0.2) is 18.2 Å². The van der Waals surface area contributed by atoms with E-state index in [0.717, 1.165) is 12.5 Å². The number of hydrogen-bond donors (Lipinski definition) is 2. The van der Waals surface area contributed by atoms with Gasteiger partial charge in [0, 0.05) is 6.07 Å². The first-order valence-corrected chi connectivity index (χ1v) is 4.55. The zero-order chi connectivity index (χ0) is 11.3. The third kappa shape index (κ3) is 3.46. The molecule has 0 aliphatic heterocycles. The minimum Gasteiger partial charge on any atom is -0.494 e. The SMILES string of the molecule is CCCOc1ccc(F)c(NC(=O)O)c1. The molecule has 2 N–H and O–H groups in total. The van der Waals surface area contributed by atoms with Gasteiger partial charge in [-0.2, -0.15) is 0 Å². The van der Waals surface area contributed by atoms with Gasteiger partial charge in [-0.25, -0.2) is 9.18 Å². The van der Waals surface area contributed by atoms with E-state index < -0.39 is 11.9 Å². The Kier molecular flexibility index (Phi) is 3.91. The maximum atomic E-state index is 13.1. The molecule has 0 atom stereocenters. The fourth-order valence-electron chi connectivity index (χ4n) is 1.03. The maximum absolute atomic E-state index is 13.1. The van der Waals surface area contributed by atoms with E-state index in [1.807, 2.05) is 12.2 Å². The van der Waals surface area contributed by atoms with E-state index in [1.165, 1.54) is 12.1 Å². The second-order valence-corrected chi connectivity index (χ2v) is 2.92. The van der Waals surface area contributed by atoms with Crippen LogP contribution in [-0.4, -0.2) is 17.8 Å². The average molecular weight is 213 g/mol. The molecule has 0 saturated heterocycles. The van der Waals surface area contributed by atoms with Gasteiger partial charge in [0.2, 0.25) is 0 Å². The molecular weight excluding hydrogens is 201 g/mol. The highest BCUT2D eigenvalue weighted by atomic mass is 19.1. The van der Waals surface area contributed by atoms with Crippen molar-refractivity contribution in [1.29, 1.82) is 0 Å². The number of hydrogen-bond acceptors (Lipinski definition) is 2. The lowest BCUT2D eigenvalue weighted by molar-refractivity contribution is 0.209. The van der Waals surface area contributed by atoms with E-state index in [2.05, 4.69) is 0 Å². The Morgan fingerprint density at radius 3 is 2.93 bits per heavy atom. The van der Waals surface area contributed by atoms with Crippen molar-refractivity contribution in [2.75, 3.05) is 11.9 Å². The molecule has 1 aromatic carbocycles. The van der Waals surface area contributed by atoms with Crippen molar-refractivity contribution in [3.05, 3.63) is 24.0 Å². The first-order valence-electron chi connectivity index (χ1n) is 4.55. The third-order valence-corrected chi connectivity index (χ3v) is 1.65. The van der Waals surface area contributed by atoms with Crippen molar-refractivity contribution < 1.29 is 19.0 Å². The number of carbonyl (C=O) groups is 1. The van der Waals surface area contributed by atoms with Crippen molar-refractivity contribution in [2.24, 2.45) is 0 Å². The highest BCUT2D eigenvalue weighted by molar-refractivity contribution is 5.83. The van der Waals surface area contributed by atoms with Gasteiger partial charge in [0.05, 0.1) is 12.3 Å². The topological polar surface area (TPSA) is 58.6 Å². The summed E-state index contributed by atoms with van der Waals surface area (Å²) in [6.07, 6.45) is -0.472. The summed E-state index contributed by atoms with van der Waals surface area (Å²) in [4.78, 5) is 10.3. The molecule has 0 aromatic heterocycles. The van der Waals surface area contributed by atoms with Gasteiger partial charge in [0.1, 0.15) is 11.6 Å². The molecule has 0 unspecified atom stereocenters. The molecule has 82 valence electrons. The van der Waals surface area contributed by atoms with Crippen LogP contribution in [0.2, 0.25) is 0 Å². The van der Waals surface area contributed by atoms with Crippen LogP contribution in [0.3, 0.4) is 0 Å². The van der Waals surface area contributed by atoms with Gasteiger partial charge in [-0.15, -0.1) is 0 Å². The normalized spacial score (nSPS) is 9.73. The second kappa shape index (κ2) is 5.19. The van der Waals surface area contributed by atoms with Gasteiger partial charge in [0.15, 0.2) is 0 Å². The standard InChI is InChI=1S/C10H12FNO3/c1-2-5-15-7-3-4-8(11)9(6-7)12-10(13)14/h3-4,6,12H,2,5H2,1H3,(H,13,14). The minimum absolute atomic E-state index is 0.101. The van der Waals surface area contributed by atoms with Crippen LogP contribution in [0.25, 0.3) is 0 Å². The molecule has 0 spiro atoms. The van der Waals surface area contributed by atoms with E-state index in [0.29, 0.717) is 12.4 Å². The lowest BCUT2D eigenvalue weighted by Gasteiger charge is -2.07. The number of ether oxygens (including phenoxy) is 1. The molecule has 0 aliphatic rings. The summed E-state index contributed by atoms with van der Waals surface area (Å²) in [7, 11) is 0. The van der Waals surface area contributed by atoms with Gasteiger partial charge in [-0.1, -0.05) is 6.92 Å². The van der Waals surface area contributed by atoms with Crippen molar-refractivity contribution in [3.63, 3.8) is 0 Å². The quantitative estimate of drug-likeness (QED) is 0.808. The lowest BCUT2D eigenvalue weighted by Crippen LogP contribution is -2.09. The highest BCUT2D eigenvalue weighted by Crippen LogP contribution is 2.21. The summed E-state index contributed by atoms with van der Waals surface area (Å²) in [5.74, 6) is -0.178. The minimum atomic E-state index is -1.30. The summed E-state index contributed by atoms with van der Waals surface area (Å²) < 4.78 is 18.3. The molecule has 0 radical (unpaired) electrons. The van der Waals surface area contributed by atoms with E-state index in [-0.39, 0.29) is 5.69 Å². The number of anilines is 1. The van der Waals surface area contributed by atoms with Crippen LogP contribution in [-0.2, 0) is 0 Å². The third-order valence-electron chi connectivity index (χ3n) is 1.65. The van der Waals surface area contributed by atoms with Gasteiger partial charge in [-0.05, 0) is 18.6 Å². The summed E-state index contributed by atoms with van der Waals surface area (Å²) >= 11 is 0. The smallest absolute Gasteiger partial charge is 0.409 e. The van der Waals surface area contributed by atoms with Crippen molar-refractivity contribution >= 4 is 11.8 Å². The summed E-state index contributed by atoms with van der Waals surface area (Å²) in [6, 6.07) is 3.94. The van der Waals surface area contributed by atoms with E-state index >= 15 is 0 Å². The Morgan fingerprint density at radius 1 is 1.60 bits per heavy atom. The fourth-order valence-corrected chi connectivity index (χ4v) is 1.03. The predicted molar refractivity (Wildman–Crippen MR) is 53.8 cm³/mol. The average Bonchev–Trinajstić information content (AvgIpc) is 2.18. The number of amides is 1. The zero-order valence-corrected chi connectivity index (χ0v) is 8.29. The first kappa shape index (κ1) is 11.3. The Balaban J connectivity index is 2.80. The Bertz CT molecular complexity index is 355. The lowest BCUT2D eigenvalue weighted by atomic mass is 10.3. The Labute approximate surface area is 86.7 Å².